The number of halogens is 1. The van der Waals surface area contributed by atoms with E-state index in [-0.39, 0.29) is 11.8 Å². The average molecular weight is 269 g/mol. The van der Waals surface area contributed by atoms with E-state index in [1.54, 1.807) is 4.90 Å². The van der Waals surface area contributed by atoms with Crippen LogP contribution in [-0.4, -0.2) is 41.5 Å². The summed E-state index contributed by atoms with van der Waals surface area (Å²) in [5.41, 5.74) is 3.18. The van der Waals surface area contributed by atoms with Crippen LogP contribution in [0.2, 0.25) is 0 Å². The van der Waals surface area contributed by atoms with E-state index in [0.29, 0.717) is 19.5 Å². The lowest BCUT2D eigenvalue weighted by Gasteiger charge is -2.25. The number of nitrogens with zero attached hydrogens (tertiary/aromatic N) is 1. The van der Waals surface area contributed by atoms with Gasteiger partial charge in [-0.3, -0.25) is 4.79 Å². The maximum atomic E-state index is 11.6. The lowest BCUT2D eigenvalue weighted by atomic mass is 9.99. The van der Waals surface area contributed by atoms with Crippen LogP contribution >= 0.6 is 11.6 Å². The van der Waals surface area contributed by atoms with Gasteiger partial charge in [0.15, 0.2) is 0 Å². The van der Waals surface area contributed by atoms with Crippen LogP contribution in [0, 0.1) is 0 Å². The smallest absolute Gasteiger partial charge is 0.227 e. The standard InChI is InChI=1S/C13H17ClN2O2/c1-16-8-10-4-11(15-7-12(17)6-14)3-2-9(10)5-13(16)18/h2-4,12,15,17H,5-8H2,1H3. The van der Waals surface area contributed by atoms with Crippen molar-refractivity contribution in [1.82, 2.24) is 4.90 Å². The van der Waals surface area contributed by atoms with E-state index in [1.165, 1.54) is 0 Å². The molecular formula is C13H17ClN2O2. The summed E-state index contributed by atoms with van der Waals surface area (Å²) in [4.78, 5) is 13.3. The summed E-state index contributed by atoms with van der Waals surface area (Å²) in [5.74, 6) is 0.371. The molecular weight excluding hydrogens is 252 g/mol. The van der Waals surface area contributed by atoms with Crippen molar-refractivity contribution in [3.05, 3.63) is 29.3 Å². The van der Waals surface area contributed by atoms with E-state index in [0.717, 1.165) is 16.8 Å². The monoisotopic (exact) mass is 268 g/mol. The Balaban J connectivity index is 2.08. The maximum absolute atomic E-state index is 11.6. The van der Waals surface area contributed by atoms with Crippen LogP contribution in [0.1, 0.15) is 11.1 Å². The maximum Gasteiger partial charge on any atom is 0.227 e. The Labute approximate surface area is 112 Å². The number of fused-ring (bicyclic) bond motifs is 1. The molecule has 4 nitrogen and oxygen atoms in total. The normalized spacial score (nSPS) is 16.4. The number of nitrogens with one attached hydrogen (secondary N) is 1. The number of benzene rings is 1. The van der Waals surface area contributed by atoms with E-state index in [2.05, 4.69) is 5.32 Å². The van der Waals surface area contributed by atoms with Crippen LogP contribution in [-0.2, 0) is 17.8 Å². The molecule has 1 aliphatic heterocycles. The third kappa shape index (κ3) is 2.94. The molecule has 1 aromatic carbocycles. The number of amides is 1. The van der Waals surface area contributed by atoms with Gasteiger partial charge in [-0.25, -0.2) is 0 Å². The fourth-order valence-electron chi connectivity index (χ4n) is 1.99. The van der Waals surface area contributed by atoms with Crippen molar-refractivity contribution >= 4 is 23.2 Å². The number of carbonyl (C=O) groups is 1. The molecule has 0 fully saturated rings. The summed E-state index contributed by atoms with van der Waals surface area (Å²) in [6.07, 6.45) is -0.0805. The first-order valence-electron chi connectivity index (χ1n) is 5.94. The second-order valence-electron chi connectivity index (χ2n) is 4.60. The van der Waals surface area contributed by atoms with Crippen molar-refractivity contribution in [2.45, 2.75) is 19.1 Å². The molecule has 0 bridgehead atoms. The van der Waals surface area contributed by atoms with Crippen LogP contribution < -0.4 is 5.32 Å². The molecule has 0 saturated heterocycles. The van der Waals surface area contributed by atoms with Gasteiger partial charge in [-0.05, 0) is 23.3 Å². The Kier molecular flexibility index (Phi) is 4.09. The van der Waals surface area contributed by atoms with Gasteiger partial charge in [0.2, 0.25) is 5.91 Å². The highest BCUT2D eigenvalue weighted by atomic mass is 35.5. The summed E-state index contributed by atoms with van der Waals surface area (Å²) < 4.78 is 0. The first-order valence-corrected chi connectivity index (χ1v) is 6.47. The molecule has 1 aliphatic rings. The molecule has 1 unspecified atom stereocenters. The van der Waals surface area contributed by atoms with Gasteiger partial charge < -0.3 is 15.3 Å². The number of hydrogen-bond acceptors (Lipinski definition) is 3. The summed E-state index contributed by atoms with van der Waals surface area (Å²) in [6, 6.07) is 5.92. The van der Waals surface area contributed by atoms with Crippen molar-refractivity contribution in [3.63, 3.8) is 0 Å². The Morgan fingerprint density at radius 3 is 3.00 bits per heavy atom. The second-order valence-corrected chi connectivity index (χ2v) is 4.91. The van der Waals surface area contributed by atoms with Crippen LogP contribution in [0.4, 0.5) is 5.69 Å². The van der Waals surface area contributed by atoms with E-state index in [4.69, 9.17) is 11.6 Å². The van der Waals surface area contributed by atoms with Crippen LogP contribution in [0.15, 0.2) is 18.2 Å². The third-order valence-corrected chi connectivity index (χ3v) is 3.46. The molecule has 1 aromatic rings. The fourth-order valence-corrected chi connectivity index (χ4v) is 2.10. The zero-order chi connectivity index (χ0) is 13.1. The summed E-state index contributed by atoms with van der Waals surface area (Å²) in [6.45, 7) is 1.07. The number of anilines is 1. The molecule has 0 radical (unpaired) electrons. The molecule has 1 atom stereocenters. The zero-order valence-corrected chi connectivity index (χ0v) is 11.1. The predicted molar refractivity (Wildman–Crippen MR) is 71.8 cm³/mol. The number of likely N-dealkylation sites (N-methyl/N-ethyl adjacent to an activating group) is 1. The minimum absolute atomic E-state index is 0.153. The highest BCUT2D eigenvalue weighted by molar-refractivity contribution is 6.18. The van der Waals surface area contributed by atoms with Gasteiger partial charge in [0.25, 0.3) is 0 Å². The molecule has 2 rings (SSSR count). The minimum atomic E-state index is -0.549. The molecule has 98 valence electrons. The summed E-state index contributed by atoms with van der Waals surface area (Å²) in [5, 5.41) is 12.5. The minimum Gasteiger partial charge on any atom is -0.390 e. The first-order chi connectivity index (χ1) is 8.60. The molecule has 18 heavy (non-hydrogen) atoms. The number of alkyl halides is 1. The molecule has 0 aliphatic carbocycles. The van der Waals surface area contributed by atoms with Crippen molar-refractivity contribution < 1.29 is 9.90 Å². The molecule has 1 heterocycles. The Hall–Kier alpha value is -1.26. The molecule has 0 aromatic heterocycles. The van der Waals surface area contributed by atoms with Gasteiger partial charge in [-0.2, -0.15) is 0 Å². The van der Waals surface area contributed by atoms with Crippen molar-refractivity contribution in [2.24, 2.45) is 0 Å². The van der Waals surface area contributed by atoms with Crippen LogP contribution in [0.25, 0.3) is 0 Å². The van der Waals surface area contributed by atoms with Gasteiger partial charge >= 0.3 is 0 Å². The molecule has 5 heteroatoms. The van der Waals surface area contributed by atoms with Crippen molar-refractivity contribution in [1.29, 1.82) is 0 Å². The number of aliphatic hydroxyl groups is 1. The highest BCUT2D eigenvalue weighted by Crippen LogP contribution is 2.22. The van der Waals surface area contributed by atoms with E-state index < -0.39 is 6.10 Å². The SMILES string of the molecule is CN1Cc2cc(NCC(O)CCl)ccc2CC1=O. The fraction of sp³-hybridized carbons (Fsp3) is 0.462. The van der Waals surface area contributed by atoms with Gasteiger partial charge in [0, 0.05) is 25.8 Å². The zero-order valence-electron chi connectivity index (χ0n) is 10.3. The predicted octanol–water partition coefficient (Wildman–Crippen LogP) is 1.21. The summed E-state index contributed by atoms with van der Waals surface area (Å²) in [7, 11) is 1.81. The topological polar surface area (TPSA) is 52.6 Å². The van der Waals surface area contributed by atoms with Crippen molar-refractivity contribution in [2.75, 3.05) is 24.8 Å². The molecule has 0 spiro atoms. The van der Waals surface area contributed by atoms with E-state index >= 15 is 0 Å². The molecule has 0 saturated carbocycles. The number of hydrogen-bond donors (Lipinski definition) is 2. The average Bonchev–Trinajstić information content (AvgIpc) is 2.37. The van der Waals surface area contributed by atoms with Gasteiger partial charge in [-0.15, -0.1) is 11.6 Å². The van der Waals surface area contributed by atoms with Gasteiger partial charge in [0.05, 0.1) is 18.4 Å². The van der Waals surface area contributed by atoms with Gasteiger partial charge in [0.1, 0.15) is 0 Å². The first kappa shape index (κ1) is 13.2. The number of carbonyl (C=O) groups excluding carboxylic acids is 1. The third-order valence-electron chi connectivity index (χ3n) is 3.10. The summed E-state index contributed by atoms with van der Waals surface area (Å²) >= 11 is 5.53. The second kappa shape index (κ2) is 5.59. The van der Waals surface area contributed by atoms with Crippen molar-refractivity contribution in [3.8, 4) is 0 Å². The Morgan fingerprint density at radius 1 is 1.50 bits per heavy atom. The van der Waals surface area contributed by atoms with E-state index in [1.807, 2.05) is 25.2 Å². The lowest BCUT2D eigenvalue weighted by Crippen LogP contribution is -2.32. The van der Waals surface area contributed by atoms with Crippen LogP contribution in [0.5, 0.6) is 0 Å². The van der Waals surface area contributed by atoms with Gasteiger partial charge in [-0.1, -0.05) is 6.07 Å². The van der Waals surface area contributed by atoms with E-state index in [9.17, 15) is 9.90 Å². The largest absolute Gasteiger partial charge is 0.390 e. The Bertz CT molecular complexity index is 451. The lowest BCUT2D eigenvalue weighted by molar-refractivity contribution is -0.130. The quantitative estimate of drug-likeness (QED) is 0.807. The number of aliphatic hydroxyl groups excluding tert-OH is 1. The number of rotatable bonds is 4. The Morgan fingerprint density at radius 2 is 2.28 bits per heavy atom. The van der Waals surface area contributed by atoms with Crippen LogP contribution in [0.3, 0.4) is 0 Å². The molecule has 1 amide bonds. The molecule has 2 N–H and O–H groups in total. The highest BCUT2D eigenvalue weighted by Gasteiger charge is 2.19.